The van der Waals surface area contributed by atoms with Crippen LogP contribution in [0, 0.1) is 5.92 Å². The van der Waals surface area contributed by atoms with Crippen molar-refractivity contribution in [1.29, 1.82) is 0 Å². The second-order valence-corrected chi connectivity index (χ2v) is 7.25. The van der Waals surface area contributed by atoms with Crippen LogP contribution in [-0.4, -0.2) is 35.3 Å². The zero-order valence-corrected chi connectivity index (χ0v) is 16.9. The minimum absolute atomic E-state index is 0.00460. The van der Waals surface area contributed by atoms with E-state index in [9.17, 15) is 14.4 Å². The van der Waals surface area contributed by atoms with Crippen molar-refractivity contribution in [2.45, 2.75) is 45.4 Å². The number of rotatable bonds is 9. The van der Waals surface area contributed by atoms with Gasteiger partial charge in [0.25, 0.3) is 0 Å². The number of imide groups is 1. The smallest absolute Gasteiger partial charge is 0.417 e. The van der Waals surface area contributed by atoms with Crippen molar-refractivity contribution in [2.24, 2.45) is 11.7 Å². The number of benzene rings is 2. The molecule has 0 saturated carbocycles. The Hall–Kier alpha value is -2.99. The van der Waals surface area contributed by atoms with E-state index >= 15 is 0 Å². The standard InChI is InChI=1S/C23H28N2O4/c1-17(2)21(24)22(27)25(23(28)29-16-19-11-7-4-8-12-19)20(15-26)14-13-18-9-5-3-6-10-18/h3-12,15,17,20-21H,13-14,16,24H2,1-2H3/t20?,21-/m0/s1. The van der Waals surface area contributed by atoms with Crippen molar-refractivity contribution in [1.82, 2.24) is 4.90 Å². The van der Waals surface area contributed by atoms with Gasteiger partial charge in [0.2, 0.25) is 5.91 Å². The lowest BCUT2D eigenvalue weighted by Crippen LogP contribution is -2.54. The van der Waals surface area contributed by atoms with Gasteiger partial charge in [-0.15, -0.1) is 0 Å². The van der Waals surface area contributed by atoms with Gasteiger partial charge in [-0.05, 0) is 29.9 Å². The van der Waals surface area contributed by atoms with Crippen LogP contribution in [0.3, 0.4) is 0 Å². The summed E-state index contributed by atoms with van der Waals surface area (Å²) >= 11 is 0. The number of carbonyl (C=O) groups is 3. The normalized spacial score (nSPS) is 12.8. The first-order valence-corrected chi connectivity index (χ1v) is 9.72. The lowest BCUT2D eigenvalue weighted by atomic mass is 10.0. The lowest BCUT2D eigenvalue weighted by molar-refractivity contribution is -0.136. The summed E-state index contributed by atoms with van der Waals surface area (Å²) in [5.74, 6) is -0.795. The number of aldehydes is 1. The summed E-state index contributed by atoms with van der Waals surface area (Å²) in [4.78, 5) is 38.3. The van der Waals surface area contributed by atoms with E-state index in [0.29, 0.717) is 19.1 Å². The van der Waals surface area contributed by atoms with Crippen LogP contribution in [0.2, 0.25) is 0 Å². The zero-order valence-electron chi connectivity index (χ0n) is 16.9. The quantitative estimate of drug-likeness (QED) is 0.657. The highest BCUT2D eigenvalue weighted by Crippen LogP contribution is 2.15. The molecule has 2 aromatic carbocycles. The highest BCUT2D eigenvalue weighted by atomic mass is 16.6. The van der Waals surface area contributed by atoms with Gasteiger partial charge in [0.15, 0.2) is 0 Å². The average Bonchev–Trinajstić information content (AvgIpc) is 2.75. The van der Waals surface area contributed by atoms with Crippen molar-refractivity contribution < 1.29 is 19.1 Å². The van der Waals surface area contributed by atoms with Crippen LogP contribution in [0.15, 0.2) is 60.7 Å². The van der Waals surface area contributed by atoms with Crippen LogP contribution >= 0.6 is 0 Å². The maximum absolute atomic E-state index is 12.9. The third kappa shape index (κ3) is 6.54. The Balaban J connectivity index is 2.16. The third-order valence-electron chi connectivity index (χ3n) is 4.70. The van der Waals surface area contributed by atoms with Crippen LogP contribution in [-0.2, 0) is 27.4 Å². The van der Waals surface area contributed by atoms with Crippen molar-refractivity contribution >= 4 is 18.3 Å². The Kier molecular flexibility index (Phi) is 8.55. The first-order chi connectivity index (χ1) is 13.9. The molecule has 0 aliphatic carbocycles. The monoisotopic (exact) mass is 396 g/mol. The maximum atomic E-state index is 12.9. The Morgan fingerprint density at radius 1 is 1.00 bits per heavy atom. The molecule has 2 atom stereocenters. The van der Waals surface area contributed by atoms with Gasteiger partial charge in [0.05, 0.1) is 12.1 Å². The topological polar surface area (TPSA) is 89.7 Å². The molecule has 0 heterocycles. The minimum atomic E-state index is -0.948. The second kappa shape index (κ2) is 11.1. The van der Waals surface area contributed by atoms with E-state index in [2.05, 4.69) is 0 Å². The van der Waals surface area contributed by atoms with Crippen LogP contribution < -0.4 is 5.73 Å². The van der Waals surface area contributed by atoms with Gasteiger partial charge in [-0.3, -0.25) is 4.79 Å². The van der Waals surface area contributed by atoms with Crippen LogP contribution in [0.5, 0.6) is 0 Å². The van der Waals surface area contributed by atoms with Crippen molar-refractivity contribution in [2.75, 3.05) is 0 Å². The van der Waals surface area contributed by atoms with Crippen molar-refractivity contribution in [3.8, 4) is 0 Å². The van der Waals surface area contributed by atoms with Gasteiger partial charge in [-0.1, -0.05) is 74.5 Å². The third-order valence-corrected chi connectivity index (χ3v) is 4.70. The van der Waals surface area contributed by atoms with Gasteiger partial charge < -0.3 is 15.3 Å². The summed E-state index contributed by atoms with van der Waals surface area (Å²) in [5.41, 5.74) is 7.79. The number of aryl methyl sites for hydroxylation is 1. The molecular formula is C23H28N2O4. The van der Waals surface area contributed by atoms with Gasteiger partial charge in [0.1, 0.15) is 12.9 Å². The van der Waals surface area contributed by atoms with Crippen LogP contribution in [0.1, 0.15) is 31.4 Å². The molecule has 2 N–H and O–H groups in total. The molecule has 2 rings (SSSR count). The van der Waals surface area contributed by atoms with Crippen molar-refractivity contribution in [3.63, 3.8) is 0 Å². The molecule has 0 fully saturated rings. The Labute approximate surface area is 171 Å². The largest absolute Gasteiger partial charge is 0.444 e. The number of amides is 2. The zero-order chi connectivity index (χ0) is 21.2. The van der Waals surface area contributed by atoms with Gasteiger partial charge >= 0.3 is 6.09 Å². The Morgan fingerprint density at radius 3 is 2.07 bits per heavy atom. The van der Waals surface area contributed by atoms with Gasteiger partial charge in [-0.2, -0.15) is 0 Å². The molecule has 6 nitrogen and oxygen atoms in total. The number of hydrogen-bond acceptors (Lipinski definition) is 5. The molecule has 0 radical (unpaired) electrons. The van der Waals surface area contributed by atoms with E-state index < -0.39 is 24.1 Å². The van der Waals surface area contributed by atoms with Crippen molar-refractivity contribution in [3.05, 3.63) is 71.8 Å². The summed E-state index contributed by atoms with van der Waals surface area (Å²) in [6, 6.07) is 16.8. The molecule has 0 aliphatic rings. The molecule has 29 heavy (non-hydrogen) atoms. The lowest BCUT2D eigenvalue weighted by Gasteiger charge is -2.29. The van der Waals surface area contributed by atoms with Gasteiger partial charge in [0, 0.05) is 0 Å². The Bertz CT molecular complexity index is 793. The van der Waals surface area contributed by atoms with E-state index in [-0.39, 0.29) is 12.5 Å². The van der Waals surface area contributed by atoms with Crippen LogP contribution in [0.25, 0.3) is 0 Å². The first kappa shape index (κ1) is 22.3. The molecule has 154 valence electrons. The summed E-state index contributed by atoms with van der Waals surface area (Å²) < 4.78 is 5.33. The highest BCUT2D eigenvalue weighted by molar-refractivity contribution is 5.97. The number of nitrogens with two attached hydrogens (primary N) is 1. The van der Waals surface area contributed by atoms with E-state index in [1.165, 1.54) is 0 Å². The second-order valence-electron chi connectivity index (χ2n) is 7.25. The predicted octanol–water partition coefficient (Wildman–Crippen LogP) is 3.34. The number of hydrogen-bond donors (Lipinski definition) is 1. The predicted molar refractivity (Wildman–Crippen MR) is 111 cm³/mol. The molecule has 0 saturated heterocycles. The number of carbonyl (C=O) groups excluding carboxylic acids is 3. The molecule has 2 aromatic rings. The summed E-state index contributed by atoms with van der Waals surface area (Å²) in [6.45, 7) is 3.58. The summed E-state index contributed by atoms with van der Waals surface area (Å²) in [5, 5.41) is 0. The SMILES string of the molecule is CC(C)[C@H](N)C(=O)N(C(=O)OCc1ccccc1)C(C=O)CCc1ccccc1. The molecule has 0 aliphatic heterocycles. The van der Waals surface area contributed by atoms with Crippen LogP contribution in [0.4, 0.5) is 4.79 Å². The molecule has 1 unspecified atom stereocenters. The minimum Gasteiger partial charge on any atom is -0.444 e. The molecule has 0 aromatic heterocycles. The fourth-order valence-corrected chi connectivity index (χ4v) is 2.84. The summed E-state index contributed by atoms with van der Waals surface area (Å²) in [6.07, 6.45) is 0.583. The summed E-state index contributed by atoms with van der Waals surface area (Å²) in [7, 11) is 0. The van der Waals surface area contributed by atoms with E-state index in [1.54, 1.807) is 13.8 Å². The molecule has 0 spiro atoms. The van der Waals surface area contributed by atoms with E-state index in [1.807, 2.05) is 60.7 Å². The molecular weight excluding hydrogens is 368 g/mol. The first-order valence-electron chi connectivity index (χ1n) is 9.72. The van der Waals surface area contributed by atoms with E-state index in [0.717, 1.165) is 16.0 Å². The fraction of sp³-hybridized carbons (Fsp3) is 0.348. The highest BCUT2D eigenvalue weighted by Gasteiger charge is 2.35. The number of ether oxygens (including phenoxy) is 1. The molecule has 2 amide bonds. The fourth-order valence-electron chi connectivity index (χ4n) is 2.84. The molecule has 6 heteroatoms. The average molecular weight is 396 g/mol. The number of nitrogens with zero attached hydrogens (tertiary/aromatic N) is 1. The maximum Gasteiger partial charge on any atom is 0.417 e. The van der Waals surface area contributed by atoms with Gasteiger partial charge in [-0.25, -0.2) is 9.69 Å². The van der Waals surface area contributed by atoms with E-state index in [4.69, 9.17) is 10.5 Å². The Morgan fingerprint density at radius 2 is 1.55 bits per heavy atom. The molecule has 0 bridgehead atoms.